The Morgan fingerprint density at radius 3 is 2.66 bits per heavy atom. The molecule has 1 amide bonds. The second-order valence-electron chi connectivity index (χ2n) is 8.10. The van der Waals surface area contributed by atoms with Crippen molar-refractivity contribution in [2.45, 2.75) is 13.5 Å². The number of rotatable bonds is 6. The van der Waals surface area contributed by atoms with Crippen LogP contribution in [0.4, 0.5) is 0 Å². The number of piperazine rings is 1. The molecule has 0 N–H and O–H groups in total. The van der Waals surface area contributed by atoms with E-state index < -0.39 is 0 Å². The number of allylic oxidation sites excluding steroid dienone is 1. The van der Waals surface area contributed by atoms with Crippen LogP contribution in [-0.2, 0) is 11.3 Å². The first-order valence-electron chi connectivity index (χ1n) is 10.9. The molecule has 0 unspecified atom stereocenters. The van der Waals surface area contributed by atoms with Gasteiger partial charge in [-0.2, -0.15) is 5.10 Å². The average molecular weight is 431 g/mol. The Kier molecular flexibility index (Phi) is 5.68. The lowest BCUT2D eigenvalue weighted by molar-refractivity contribution is -0.130. The SMILES string of the molecule is CC(=O)N1CCN(CCn2ncc3cc(Oc4ccc(C5=CC=NC5)cn4)ccc32)CC1. The van der Waals surface area contributed by atoms with Gasteiger partial charge in [-0.1, -0.05) is 0 Å². The molecule has 0 bridgehead atoms. The van der Waals surface area contributed by atoms with Crippen molar-refractivity contribution in [2.75, 3.05) is 39.3 Å². The van der Waals surface area contributed by atoms with Gasteiger partial charge in [0.25, 0.3) is 0 Å². The predicted molar refractivity (Wildman–Crippen MR) is 124 cm³/mol. The molecule has 0 atom stereocenters. The Labute approximate surface area is 186 Å². The van der Waals surface area contributed by atoms with Crippen LogP contribution in [-0.4, -0.2) is 76.0 Å². The fraction of sp³-hybridized carbons (Fsp3) is 0.333. The molecule has 1 fully saturated rings. The summed E-state index contributed by atoms with van der Waals surface area (Å²) in [6.07, 6.45) is 7.53. The number of carbonyl (C=O) groups is 1. The molecule has 1 aromatic carbocycles. The Morgan fingerprint density at radius 2 is 1.94 bits per heavy atom. The number of pyridine rings is 1. The number of ether oxygens (including phenoxy) is 1. The second kappa shape index (κ2) is 8.92. The van der Waals surface area contributed by atoms with E-state index in [0.717, 1.165) is 61.5 Å². The van der Waals surface area contributed by atoms with Gasteiger partial charge in [0, 0.05) is 63.5 Å². The largest absolute Gasteiger partial charge is 0.439 e. The van der Waals surface area contributed by atoms with Crippen LogP contribution in [0.3, 0.4) is 0 Å². The first kappa shape index (κ1) is 20.4. The Balaban J connectivity index is 1.20. The third-order valence-electron chi connectivity index (χ3n) is 6.03. The zero-order chi connectivity index (χ0) is 21.9. The minimum absolute atomic E-state index is 0.160. The highest BCUT2D eigenvalue weighted by Gasteiger charge is 2.18. The summed E-state index contributed by atoms with van der Waals surface area (Å²) in [5, 5.41) is 5.60. The number of amides is 1. The van der Waals surface area contributed by atoms with Crippen molar-refractivity contribution in [1.82, 2.24) is 24.6 Å². The number of aliphatic imine (C=N–C) groups is 1. The molecule has 4 heterocycles. The van der Waals surface area contributed by atoms with Gasteiger partial charge in [-0.3, -0.25) is 19.4 Å². The maximum absolute atomic E-state index is 11.5. The van der Waals surface area contributed by atoms with E-state index in [1.54, 1.807) is 6.92 Å². The molecule has 0 aliphatic carbocycles. The quantitative estimate of drug-likeness (QED) is 0.601. The van der Waals surface area contributed by atoms with Gasteiger partial charge in [0.15, 0.2) is 0 Å². The molecule has 5 rings (SSSR count). The van der Waals surface area contributed by atoms with Crippen LogP contribution in [0.1, 0.15) is 12.5 Å². The summed E-state index contributed by atoms with van der Waals surface area (Å²) in [6, 6.07) is 9.88. The van der Waals surface area contributed by atoms with E-state index in [1.807, 2.05) is 64.6 Å². The van der Waals surface area contributed by atoms with Gasteiger partial charge in [-0.05, 0) is 41.5 Å². The van der Waals surface area contributed by atoms with E-state index >= 15 is 0 Å². The third-order valence-corrected chi connectivity index (χ3v) is 6.03. The highest BCUT2D eigenvalue weighted by Crippen LogP contribution is 2.26. The van der Waals surface area contributed by atoms with Gasteiger partial charge in [0.1, 0.15) is 5.75 Å². The topological polar surface area (TPSA) is 75.9 Å². The number of hydrogen-bond donors (Lipinski definition) is 0. The van der Waals surface area contributed by atoms with Gasteiger partial charge in [-0.25, -0.2) is 4.98 Å². The Morgan fingerprint density at radius 1 is 1.06 bits per heavy atom. The molecule has 2 aromatic heterocycles. The molecule has 2 aliphatic heterocycles. The summed E-state index contributed by atoms with van der Waals surface area (Å²) in [5.41, 5.74) is 3.31. The lowest BCUT2D eigenvalue weighted by Gasteiger charge is -2.34. The zero-order valence-corrected chi connectivity index (χ0v) is 18.1. The molecule has 0 saturated carbocycles. The molecule has 1 saturated heterocycles. The van der Waals surface area contributed by atoms with Crippen LogP contribution >= 0.6 is 0 Å². The van der Waals surface area contributed by atoms with E-state index in [0.29, 0.717) is 12.4 Å². The van der Waals surface area contributed by atoms with Crippen molar-refractivity contribution >= 4 is 28.6 Å². The fourth-order valence-corrected chi connectivity index (χ4v) is 4.11. The molecule has 0 radical (unpaired) electrons. The molecular weight excluding hydrogens is 404 g/mol. The number of fused-ring (bicyclic) bond motifs is 1. The van der Waals surface area contributed by atoms with Crippen molar-refractivity contribution in [3.8, 4) is 11.6 Å². The molecule has 0 spiro atoms. The van der Waals surface area contributed by atoms with E-state index in [1.165, 1.54) is 5.57 Å². The minimum atomic E-state index is 0.160. The first-order valence-corrected chi connectivity index (χ1v) is 10.9. The summed E-state index contributed by atoms with van der Waals surface area (Å²) < 4.78 is 7.99. The van der Waals surface area contributed by atoms with Crippen LogP contribution in [0.15, 0.2) is 53.8 Å². The molecular formula is C24H26N6O2. The monoisotopic (exact) mass is 430 g/mol. The smallest absolute Gasteiger partial charge is 0.219 e. The van der Waals surface area contributed by atoms with Crippen molar-refractivity contribution in [3.63, 3.8) is 0 Å². The third kappa shape index (κ3) is 4.40. The maximum Gasteiger partial charge on any atom is 0.219 e. The van der Waals surface area contributed by atoms with Crippen molar-refractivity contribution in [1.29, 1.82) is 0 Å². The van der Waals surface area contributed by atoms with Crippen molar-refractivity contribution in [2.24, 2.45) is 4.99 Å². The normalized spacial score (nSPS) is 16.5. The summed E-state index contributed by atoms with van der Waals surface area (Å²) in [5.74, 6) is 1.46. The van der Waals surface area contributed by atoms with E-state index in [4.69, 9.17) is 4.74 Å². The standard InChI is InChI=1S/C24H26N6O2/c1-18(31)29-11-8-28(9-12-29)10-13-30-23-4-3-22(14-21(23)17-27-30)32-24-5-2-19(16-26-24)20-6-7-25-15-20/h2-7,14,16-17H,8-13,15H2,1H3. The molecule has 8 nitrogen and oxygen atoms in total. The van der Waals surface area contributed by atoms with Crippen LogP contribution in [0, 0.1) is 0 Å². The van der Waals surface area contributed by atoms with Gasteiger partial charge < -0.3 is 9.64 Å². The van der Waals surface area contributed by atoms with Gasteiger partial charge >= 0.3 is 0 Å². The van der Waals surface area contributed by atoms with Crippen LogP contribution in [0.2, 0.25) is 0 Å². The summed E-state index contributed by atoms with van der Waals surface area (Å²) in [7, 11) is 0. The Hall–Kier alpha value is -3.52. The highest BCUT2D eigenvalue weighted by atomic mass is 16.5. The number of carbonyl (C=O) groups excluding carboxylic acids is 1. The zero-order valence-electron chi connectivity index (χ0n) is 18.1. The number of benzene rings is 1. The van der Waals surface area contributed by atoms with Gasteiger partial charge in [0.05, 0.1) is 24.8 Å². The summed E-state index contributed by atoms with van der Waals surface area (Å²) in [4.78, 5) is 24.4. The molecule has 8 heteroatoms. The van der Waals surface area contributed by atoms with Gasteiger partial charge in [-0.15, -0.1) is 0 Å². The minimum Gasteiger partial charge on any atom is -0.439 e. The number of hydrogen-bond acceptors (Lipinski definition) is 6. The van der Waals surface area contributed by atoms with Crippen molar-refractivity contribution < 1.29 is 9.53 Å². The molecule has 2 aliphatic rings. The van der Waals surface area contributed by atoms with E-state index in [2.05, 4.69) is 20.0 Å². The predicted octanol–water partition coefficient (Wildman–Crippen LogP) is 2.86. The summed E-state index contributed by atoms with van der Waals surface area (Å²) >= 11 is 0. The maximum atomic E-state index is 11.5. The lowest BCUT2D eigenvalue weighted by atomic mass is 10.1. The fourth-order valence-electron chi connectivity index (χ4n) is 4.11. The molecule has 164 valence electrons. The highest BCUT2D eigenvalue weighted by molar-refractivity contribution is 5.89. The van der Waals surface area contributed by atoms with E-state index in [-0.39, 0.29) is 5.91 Å². The van der Waals surface area contributed by atoms with Crippen LogP contribution < -0.4 is 4.74 Å². The summed E-state index contributed by atoms with van der Waals surface area (Å²) in [6.45, 7) is 7.49. The molecule has 3 aromatic rings. The van der Waals surface area contributed by atoms with Gasteiger partial charge in [0.2, 0.25) is 11.8 Å². The number of nitrogens with zero attached hydrogens (tertiary/aromatic N) is 6. The molecule has 32 heavy (non-hydrogen) atoms. The average Bonchev–Trinajstić information content (AvgIpc) is 3.49. The lowest BCUT2D eigenvalue weighted by Crippen LogP contribution is -2.48. The first-order chi connectivity index (χ1) is 15.7. The Bertz CT molecular complexity index is 1170. The van der Waals surface area contributed by atoms with E-state index in [9.17, 15) is 4.79 Å². The van der Waals surface area contributed by atoms with Crippen LogP contribution in [0.25, 0.3) is 16.5 Å². The number of aromatic nitrogens is 3. The second-order valence-corrected chi connectivity index (χ2v) is 8.10. The van der Waals surface area contributed by atoms with Crippen molar-refractivity contribution in [3.05, 3.63) is 54.4 Å². The van der Waals surface area contributed by atoms with Crippen LogP contribution in [0.5, 0.6) is 11.6 Å².